The van der Waals surface area contributed by atoms with Crippen LogP contribution in [0, 0.1) is 0 Å². The van der Waals surface area contributed by atoms with Crippen LogP contribution in [0.15, 0.2) is 6.20 Å². The van der Waals surface area contributed by atoms with Gasteiger partial charge in [-0.3, -0.25) is 0 Å². The van der Waals surface area contributed by atoms with E-state index in [1.807, 2.05) is 13.2 Å². The summed E-state index contributed by atoms with van der Waals surface area (Å²) in [5.74, 6) is 0. The molecule has 1 aromatic rings. The molecule has 2 rings (SSSR count). The summed E-state index contributed by atoms with van der Waals surface area (Å²) in [6, 6.07) is -0.235. The van der Waals surface area contributed by atoms with Crippen molar-refractivity contribution in [3.05, 3.63) is 11.9 Å². The van der Waals surface area contributed by atoms with Gasteiger partial charge in [0, 0.05) is 13.2 Å². The minimum absolute atomic E-state index is 0.0382. The summed E-state index contributed by atoms with van der Waals surface area (Å²) in [4.78, 5) is 2.06. The molecule has 0 bridgehead atoms. The molecule has 1 saturated heterocycles. The van der Waals surface area contributed by atoms with Crippen LogP contribution in [-0.2, 0) is 11.3 Å². The average Bonchev–Trinajstić information content (AvgIpc) is 3.08. The molecule has 7 heteroatoms. The number of nitrogens with two attached hydrogens (primary N) is 1. The molecule has 3 atom stereocenters. The first kappa shape index (κ1) is 15.4. The van der Waals surface area contributed by atoms with Crippen LogP contribution in [0.2, 0.25) is 0 Å². The maximum atomic E-state index is 9.98. The minimum atomic E-state index is -0.464. The third-order valence-electron chi connectivity index (χ3n) is 3.72. The molecule has 1 aromatic heterocycles. The second kappa shape index (κ2) is 7.12. The van der Waals surface area contributed by atoms with Gasteiger partial charge in [0.15, 0.2) is 0 Å². The lowest BCUT2D eigenvalue weighted by Gasteiger charge is -2.18. The van der Waals surface area contributed by atoms with Crippen LogP contribution < -0.4 is 5.73 Å². The number of ether oxygens (including phenoxy) is 1. The summed E-state index contributed by atoms with van der Waals surface area (Å²) in [6.07, 6.45) is 3.40. The number of aromatic nitrogens is 3. The van der Waals surface area contributed by atoms with E-state index < -0.39 is 6.10 Å². The van der Waals surface area contributed by atoms with E-state index in [1.165, 1.54) is 0 Å². The van der Waals surface area contributed by atoms with E-state index in [0.717, 1.165) is 31.7 Å². The Morgan fingerprint density at radius 1 is 1.65 bits per heavy atom. The van der Waals surface area contributed by atoms with Crippen molar-refractivity contribution in [2.24, 2.45) is 5.73 Å². The first-order chi connectivity index (χ1) is 9.60. The van der Waals surface area contributed by atoms with E-state index in [1.54, 1.807) is 4.68 Å². The Morgan fingerprint density at radius 2 is 2.45 bits per heavy atom. The van der Waals surface area contributed by atoms with Gasteiger partial charge in [0.2, 0.25) is 0 Å². The molecule has 3 unspecified atom stereocenters. The number of nitrogens with zero attached hydrogens (tertiary/aromatic N) is 4. The van der Waals surface area contributed by atoms with Crippen molar-refractivity contribution in [1.29, 1.82) is 0 Å². The number of hydrogen-bond donors (Lipinski definition) is 2. The van der Waals surface area contributed by atoms with E-state index in [9.17, 15) is 5.11 Å². The highest BCUT2D eigenvalue weighted by Crippen LogP contribution is 2.23. The van der Waals surface area contributed by atoms with Gasteiger partial charge in [-0.05, 0) is 26.4 Å². The molecular weight excluding hydrogens is 258 g/mol. The molecule has 7 nitrogen and oxygen atoms in total. The summed E-state index contributed by atoms with van der Waals surface area (Å²) in [7, 11) is 1.98. The van der Waals surface area contributed by atoms with E-state index in [0.29, 0.717) is 13.1 Å². The predicted molar refractivity (Wildman–Crippen MR) is 75.1 cm³/mol. The summed E-state index contributed by atoms with van der Waals surface area (Å²) in [6.45, 7) is 4.78. The zero-order valence-corrected chi connectivity index (χ0v) is 12.3. The highest BCUT2D eigenvalue weighted by molar-refractivity contribution is 5.03. The van der Waals surface area contributed by atoms with Gasteiger partial charge in [-0.1, -0.05) is 12.1 Å². The van der Waals surface area contributed by atoms with E-state index >= 15 is 0 Å². The molecule has 1 aliphatic rings. The number of aliphatic hydroxyl groups is 1. The van der Waals surface area contributed by atoms with Crippen LogP contribution >= 0.6 is 0 Å². The van der Waals surface area contributed by atoms with Crippen LogP contribution in [-0.4, -0.2) is 64.0 Å². The highest BCUT2D eigenvalue weighted by atomic mass is 16.5. The summed E-state index contributed by atoms with van der Waals surface area (Å²) >= 11 is 0. The SMILES string of the molecule is CCN(C)CC(O)Cn1cc(C(N)C2CCCO2)nn1. The summed E-state index contributed by atoms with van der Waals surface area (Å²) in [5, 5.41) is 18.1. The monoisotopic (exact) mass is 283 g/mol. The van der Waals surface area contributed by atoms with Gasteiger partial charge < -0.3 is 20.5 Å². The van der Waals surface area contributed by atoms with Crippen LogP contribution in [0.4, 0.5) is 0 Å². The molecule has 2 heterocycles. The fourth-order valence-electron chi connectivity index (χ4n) is 2.39. The van der Waals surface area contributed by atoms with Crippen LogP contribution in [0.25, 0.3) is 0 Å². The number of aliphatic hydroxyl groups excluding tert-OH is 1. The standard InChI is InChI=1S/C13H25N5O2/c1-3-17(2)7-10(19)8-18-9-11(15-16-18)13(14)12-5-4-6-20-12/h9-10,12-13,19H,3-8,14H2,1-2H3. The normalized spacial score (nSPS) is 22.4. The van der Waals surface area contributed by atoms with Crippen LogP contribution in [0.5, 0.6) is 0 Å². The molecular formula is C13H25N5O2. The molecule has 3 N–H and O–H groups in total. The Labute approximate surface area is 119 Å². The molecule has 0 saturated carbocycles. The van der Waals surface area contributed by atoms with Gasteiger partial charge in [0.05, 0.1) is 31.0 Å². The van der Waals surface area contributed by atoms with E-state index in [2.05, 4.69) is 22.1 Å². The third-order valence-corrected chi connectivity index (χ3v) is 3.72. The molecule has 1 aliphatic heterocycles. The van der Waals surface area contributed by atoms with Crippen LogP contribution in [0.3, 0.4) is 0 Å². The van der Waals surface area contributed by atoms with Gasteiger partial charge in [-0.25, -0.2) is 4.68 Å². The lowest BCUT2D eigenvalue weighted by Crippen LogP contribution is -2.32. The molecule has 20 heavy (non-hydrogen) atoms. The lowest BCUT2D eigenvalue weighted by atomic mass is 10.1. The van der Waals surface area contributed by atoms with Gasteiger partial charge in [0.25, 0.3) is 0 Å². The van der Waals surface area contributed by atoms with Crippen molar-refractivity contribution in [3.8, 4) is 0 Å². The van der Waals surface area contributed by atoms with E-state index in [4.69, 9.17) is 10.5 Å². The average molecular weight is 283 g/mol. The number of likely N-dealkylation sites (N-methyl/N-ethyl adjacent to an activating group) is 1. The number of rotatable bonds is 7. The second-order valence-corrected chi connectivity index (χ2v) is 5.45. The van der Waals surface area contributed by atoms with Crippen molar-refractivity contribution in [3.63, 3.8) is 0 Å². The Kier molecular flexibility index (Phi) is 5.47. The quantitative estimate of drug-likeness (QED) is 0.718. The molecule has 1 fully saturated rings. The first-order valence-corrected chi connectivity index (χ1v) is 7.24. The van der Waals surface area contributed by atoms with Gasteiger partial charge in [-0.15, -0.1) is 5.10 Å². The zero-order chi connectivity index (χ0) is 14.5. The smallest absolute Gasteiger partial charge is 0.102 e. The maximum Gasteiger partial charge on any atom is 0.102 e. The fraction of sp³-hybridized carbons (Fsp3) is 0.846. The highest BCUT2D eigenvalue weighted by Gasteiger charge is 2.26. The van der Waals surface area contributed by atoms with Gasteiger partial charge in [0.1, 0.15) is 5.69 Å². The van der Waals surface area contributed by atoms with E-state index in [-0.39, 0.29) is 12.1 Å². The molecule has 0 aliphatic carbocycles. The zero-order valence-electron chi connectivity index (χ0n) is 12.3. The topological polar surface area (TPSA) is 89.4 Å². The van der Waals surface area contributed by atoms with Gasteiger partial charge in [-0.2, -0.15) is 0 Å². The van der Waals surface area contributed by atoms with Crippen molar-refractivity contribution in [2.75, 3.05) is 26.7 Å². The largest absolute Gasteiger partial charge is 0.390 e. The third kappa shape index (κ3) is 3.99. The van der Waals surface area contributed by atoms with Crippen molar-refractivity contribution < 1.29 is 9.84 Å². The Bertz CT molecular complexity index is 405. The lowest BCUT2D eigenvalue weighted by molar-refractivity contribution is 0.0889. The van der Waals surface area contributed by atoms with Crippen molar-refractivity contribution in [2.45, 2.75) is 44.6 Å². The molecule has 0 amide bonds. The Balaban J connectivity index is 1.88. The number of hydrogen-bond acceptors (Lipinski definition) is 6. The predicted octanol–water partition coefficient (Wildman–Crippen LogP) is -0.230. The van der Waals surface area contributed by atoms with Crippen molar-refractivity contribution >= 4 is 0 Å². The Hall–Kier alpha value is -1.02. The fourth-order valence-corrected chi connectivity index (χ4v) is 2.39. The Morgan fingerprint density at radius 3 is 3.10 bits per heavy atom. The second-order valence-electron chi connectivity index (χ2n) is 5.45. The first-order valence-electron chi connectivity index (χ1n) is 7.24. The maximum absolute atomic E-state index is 9.98. The van der Waals surface area contributed by atoms with Gasteiger partial charge >= 0.3 is 0 Å². The molecule has 114 valence electrons. The molecule has 0 spiro atoms. The summed E-state index contributed by atoms with van der Waals surface area (Å²) in [5.41, 5.74) is 6.86. The molecule has 0 radical (unpaired) electrons. The van der Waals surface area contributed by atoms with Crippen LogP contribution in [0.1, 0.15) is 31.5 Å². The minimum Gasteiger partial charge on any atom is -0.390 e. The summed E-state index contributed by atoms with van der Waals surface area (Å²) < 4.78 is 7.22. The van der Waals surface area contributed by atoms with Crippen molar-refractivity contribution in [1.82, 2.24) is 19.9 Å². The molecule has 0 aromatic carbocycles.